The lowest BCUT2D eigenvalue weighted by molar-refractivity contribution is -0.136. The van der Waals surface area contributed by atoms with Crippen molar-refractivity contribution in [3.63, 3.8) is 0 Å². The van der Waals surface area contributed by atoms with Gasteiger partial charge < -0.3 is 15.2 Å². The normalized spacial score (nSPS) is 12.1. The van der Waals surface area contributed by atoms with E-state index in [1.165, 1.54) is 48.9 Å². The molecule has 9 nitrogen and oxygen atoms in total. The van der Waals surface area contributed by atoms with Crippen LogP contribution in [0.15, 0.2) is 55.0 Å². The Bertz CT molecular complexity index is 1430. The van der Waals surface area contributed by atoms with Gasteiger partial charge in [-0.3, -0.25) is 0 Å². The molecule has 0 spiro atoms. The van der Waals surface area contributed by atoms with Crippen molar-refractivity contribution in [3.05, 3.63) is 60.6 Å². The van der Waals surface area contributed by atoms with E-state index in [-0.39, 0.29) is 22.7 Å². The predicted molar refractivity (Wildman–Crippen MR) is 121 cm³/mol. The van der Waals surface area contributed by atoms with Gasteiger partial charge in [0.15, 0.2) is 0 Å². The van der Waals surface area contributed by atoms with Crippen LogP contribution in [0.4, 0.5) is 34.3 Å². The van der Waals surface area contributed by atoms with Crippen molar-refractivity contribution in [2.24, 2.45) is 0 Å². The summed E-state index contributed by atoms with van der Waals surface area (Å²) < 4.78 is 47.1. The molecule has 0 unspecified atom stereocenters. The minimum absolute atomic E-state index is 0.0193. The van der Waals surface area contributed by atoms with E-state index in [4.69, 9.17) is 4.74 Å². The minimum atomic E-state index is -4.59. The molecule has 0 saturated carbocycles. The Morgan fingerprint density at radius 3 is 2.46 bits per heavy atom. The molecule has 3 aromatic heterocycles. The standard InChI is InChI=1S/C23H20F3N5O4/c1-22(2,3)35-21(34)30-12-14(11-28-30)17-8-13-10-27-19(9-18(13)31(17)20(32)33)29-16-7-5-4-6-15(16)23(24,25)26/h4-12H,1-3H3,(H,27,29)(H,32,33). The van der Waals surface area contributed by atoms with E-state index in [1.54, 1.807) is 20.8 Å². The quantitative estimate of drug-likeness (QED) is 0.366. The number of alkyl halides is 3. The third kappa shape index (κ3) is 4.95. The fourth-order valence-corrected chi connectivity index (χ4v) is 3.43. The predicted octanol–water partition coefficient (Wildman–Crippen LogP) is 5.97. The van der Waals surface area contributed by atoms with Gasteiger partial charge in [-0.2, -0.15) is 23.0 Å². The molecule has 4 aromatic rings. The number of carboxylic acid groups (broad SMARTS) is 1. The van der Waals surface area contributed by atoms with Crippen LogP contribution in [-0.4, -0.2) is 42.2 Å². The zero-order valence-electron chi connectivity index (χ0n) is 18.8. The third-order valence-corrected chi connectivity index (χ3v) is 4.83. The molecule has 0 aliphatic carbocycles. The number of para-hydroxylation sites is 1. The Balaban J connectivity index is 1.73. The van der Waals surface area contributed by atoms with Crippen LogP contribution < -0.4 is 5.32 Å². The van der Waals surface area contributed by atoms with Crippen LogP contribution in [0, 0.1) is 0 Å². The summed E-state index contributed by atoms with van der Waals surface area (Å²) in [5.74, 6) is 0.0193. The van der Waals surface area contributed by atoms with Crippen molar-refractivity contribution in [1.29, 1.82) is 0 Å². The van der Waals surface area contributed by atoms with Crippen molar-refractivity contribution < 1.29 is 32.6 Å². The van der Waals surface area contributed by atoms with Crippen molar-refractivity contribution in [2.45, 2.75) is 32.5 Å². The van der Waals surface area contributed by atoms with Crippen molar-refractivity contribution >= 4 is 34.6 Å². The van der Waals surface area contributed by atoms with Crippen molar-refractivity contribution in [2.75, 3.05) is 5.32 Å². The molecule has 3 heterocycles. The largest absolute Gasteiger partial charge is 0.464 e. The highest BCUT2D eigenvalue weighted by molar-refractivity contribution is 5.96. The van der Waals surface area contributed by atoms with E-state index in [0.717, 1.165) is 15.3 Å². The summed E-state index contributed by atoms with van der Waals surface area (Å²) in [5, 5.41) is 16.9. The summed E-state index contributed by atoms with van der Waals surface area (Å²) in [6.45, 7) is 5.09. The van der Waals surface area contributed by atoms with Crippen LogP contribution >= 0.6 is 0 Å². The molecule has 12 heteroatoms. The molecule has 1 aromatic carbocycles. The Labute approximate surface area is 196 Å². The number of carbonyl (C=O) groups excluding carboxylic acids is 1. The zero-order chi connectivity index (χ0) is 25.5. The van der Waals surface area contributed by atoms with E-state index in [0.29, 0.717) is 10.9 Å². The van der Waals surface area contributed by atoms with Gasteiger partial charge in [-0.25, -0.2) is 19.1 Å². The van der Waals surface area contributed by atoms with E-state index < -0.39 is 29.5 Å². The maximum absolute atomic E-state index is 13.3. The fourth-order valence-electron chi connectivity index (χ4n) is 3.43. The average molecular weight is 487 g/mol. The monoisotopic (exact) mass is 487 g/mol. The number of rotatable bonds is 3. The Kier molecular flexibility index (Phi) is 5.75. The van der Waals surface area contributed by atoms with E-state index >= 15 is 0 Å². The van der Waals surface area contributed by atoms with Gasteiger partial charge in [0.05, 0.1) is 28.7 Å². The molecule has 0 amide bonds. The average Bonchev–Trinajstić information content (AvgIpc) is 3.37. The summed E-state index contributed by atoms with van der Waals surface area (Å²) >= 11 is 0. The van der Waals surface area contributed by atoms with Gasteiger partial charge in [0.1, 0.15) is 11.4 Å². The van der Waals surface area contributed by atoms with Crippen LogP contribution in [0.25, 0.3) is 22.2 Å². The number of halogens is 3. The van der Waals surface area contributed by atoms with Crippen molar-refractivity contribution in [1.82, 2.24) is 19.3 Å². The molecule has 4 rings (SSSR count). The number of nitrogens with zero attached hydrogens (tertiary/aromatic N) is 4. The summed E-state index contributed by atoms with van der Waals surface area (Å²) in [5.41, 5.74) is -1.17. The van der Waals surface area contributed by atoms with Gasteiger partial charge in [0.25, 0.3) is 0 Å². The number of hydrogen-bond donors (Lipinski definition) is 2. The lowest BCUT2D eigenvalue weighted by atomic mass is 10.1. The lowest BCUT2D eigenvalue weighted by Gasteiger charge is -2.18. The van der Waals surface area contributed by atoms with Crippen LogP contribution in [0.3, 0.4) is 0 Å². The molecule has 0 bridgehead atoms. The molecule has 2 N–H and O–H groups in total. The highest BCUT2D eigenvalue weighted by Crippen LogP contribution is 2.36. The first-order valence-corrected chi connectivity index (χ1v) is 10.3. The summed E-state index contributed by atoms with van der Waals surface area (Å²) in [6, 6.07) is 7.75. The second kappa shape index (κ2) is 8.46. The maximum atomic E-state index is 13.3. The van der Waals surface area contributed by atoms with Gasteiger partial charge in [0.2, 0.25) is 0 Å². The highest BCUT2D eigenvalue weighted by Gasteiger charge is 2.33. The van der Waals surface area contributed by atoms with Gasteiger partial charge >= 0.3 is 18.4 Å². The van der Waals surface area contributed by atoms with Crippen molar-refractivity contribution in [3.8, 4) is 11.3 Å². The second-order valence-corrected chi connectivity index (χ2v) is 8.60. The zero-order valence-corrected chi connectivity index (χ0v) is 18.8. The molecule has 0 atom stereocenters. The number of fused-ring (bicyclic) bond motifs is 1. The molecular weight excluding hydrogens is 467 g/mol. The second-order valence-electron chi connectivity index (χ2n) is 8.60. The van der Waals surface area contributed by atoms with Gasteiger partial charge in [-0.1, -0.05) is 12.1 Å². The molecule has 0 aliphatic rings. The molecule has 0 fully saturated rings. The first-order chi connectivity index (χ1) is 16.3. The molecule has 0 aliphatic heterocycles. The summed E-state index contributed by atoms with van der Waals surface area (Å²) in [7, 11) is 0. The smallest absolute Gasteiger partial charge is 0.435 e. The molecular formula is C23H20F3N5O4. The Hall–Kier alpha value is -4.35. The highest BCUT2D eigenvalue weighted by atomic mass is 19.4. The Morgan fingerprint density at radius 1 is 1.09 bits per heavy atom. The van der Waals surface area contributed by atoms with E-state index in [2.05, 4.69) is 15.4 Å². The number of pyridine rings is 1. The maximum Gasteiger partial charge on any atom is 0.435 e. The lowest BCUT2D eigenvalue weighted by Crippen LogP contribution is -2.27. The summed E-state index contributed by atoms with van der Waals surface area (Å²) in [4.78, 5) is 28.5. The number of anilines is 2. The number of hydrogen-bond acceptors (Lipinski definition) is 6. The third-order valence-electron chi connectivity index (χ3n) is 4.83. The minimum Gasteiger partial charge on any atom is -0.464 e. The van der Waals surface area contributed by atoms with Gasteiger partial charge in [0, 0.05) is 29.4 Å². The first-order valence-electron chi connectivity index (χ1n) is 10.3. The van der Waals surface area contributed by atoms with E-state index in [9.17, 15) is 27.9 Å². The Morgan fingerprint density at radius 2 is 1.80 bits per heavy atom. The van der Waals surface area contributed by atoms with E-state index in [1.807, 2.05) is 0 Å². The molecule has 35 heavy (non-hydrogen) atoms. The first kappa shape index (κ1) is 23.8. The number of ether oxygens (including phenoxy) is 1. The van der Waals surface area contributed by atoms with Crippen LogP contribution in [0.5, 0.6) is 0 Å². The van der Waals surface area contributed by atoms with Crippen LogP contribution in [0.1, 0.15) is 26.3 Å². The number of nitrogens with one attached hydrogen (secondary N) is 1. The molecule has 0 saturated heterocycles. The topological polar surface area (TPSA) is 111 Å². The van der Waals surface area contributed by atoms with Crippen LogP contribution in [-0.2, 0) is 10.9 Å². The number of aromatic nitrogens is 4. The van der Waals surface area contributed by atoms with Crippen LogP contribution in [0.2, 0.25) is 0 Å². The molecule has 0 radical (unpaired) electrons. The fraction of sp³-hybridized carbons (Fsp3) is 0.217. The molecule has 182 valence electrons. The number of benzene rings is 1. The summed E-state index contributed by atoms with van der Waals surface area (Å²) in [6.07, 6.45) is -2.69. The van der Waals surface area contributed by atoms with Gasteiger partial charge in [-0.05, 0) is 39.0 Å². The number of carbonyl (C=O) groups is 2. The SMILES string of the molecule is CC(C)(C)OC(=O)n1cc(-c2cc3cnc(Nc4ccccc4C(F)(F)F)cc3n2C(=O)O)cn1. The van der Waals surface area contributed by atoms with Gasteiger partial charge in [-0.15, -0.1) is 0 Å².